The molecule has 0 atom stereocenters. The average Bonchev–Trinajstić information content (AvgIpc) is 2.83. The van der Waals surface area contributed by atoms with Crippen molar-refractivity contribution in [3.8, 4) is 0 Å². The predicted octanol–water partition coefficient (Wildman–Crippen LogP) is 2.08. The Hall–Kier alpha value is -1.71. The highest BCUT2D eigenvalue weighted by atomic mass is 32.1. The molecule has 0 saturated heterocycles. The molecule has 0 radical (unpaired) electrons. The Morgan fingerprint density at radius 3 is 2.86 bits per heavy atom. The van der Waals surface area contributed by atoms with E-state index in [2.05, 4.69) is 15.8 Å². The second-order valence-corrected chi connectivity index (χ2v) is 5.17. The van der Waals surface area contributed by atoms with Gasteiger partial charge in [0.25, 0.3) is 0 Å². The van der Waals surface area contributed by atoms with Crippen LogP contribution in [0.4, 0.5) is 13.2 Å². The highest BCUT2D eigenvalue weighted by Gasteiger charge is 2.30. The van der Waals surface area contributed by atoms with Gasteiger partial charge in [0.2, 0.25) is 5.91 Å². The lowest BCUT2D eigenvalue weighted by atomic mass is 10.2. The van der Waals surface area contributed by atoms with Crippen LogP contribution in [-0.4, -0.2) is 24.5 Å². The highest BCUT2D eigenvalue weighted by Crippen LogP contribution is 2.32. The van der Waals surface area contributed by atoms with Gasteiger partial charge in [-0.15, -0.1) is 11.3 Å². The van der Waals surface area contributed by atoms with Crippen LogP contribution in [0.1, 0.15) is 10.6 Å². The second-order valence-electron chi connectivity index (χ2n) is 4.06. The number of carbonyl (C=O) groups excluding carboxylic acids is 1. The summed E-state index contributed by atoms with van der Waals surface area (Å²) in [6.45, 7) is -0.00772. The normalized spacial score (nSPS) is 11.8. The summed E-state index contributed by atoms with van der Waals surface area (Å²) in [7, 11) is 1.53. The molecule has 0 saturated carbocycles. The molecule has 2 rings (SSSR count). The van der Waals surface area contributed by atoms with E-state index in [1.807, 2.05) is 0 Å². The molecule has 0 aliphatic rings. The van der Waals surface area contributed by atoms with Crippen LogP contribution < -0.4 is 10.8 Å². The molecule has 9 heteroatoms. The van der Waals surface area contributed by atoms with Crippen LogP contribution in [0, 0.1) is 0 Å². The highest BCUT2D eigenvalue weighted by molar-refractivity contribution is 7.18. The van der Waals surface area contributed by atoms with E-state index < -0.39 is 11.7 Å². The Balaban J connectivity index is 2.07. The van der Waals surface area contributed by atoms with Crippen LogP contribution in [-0.2, 0) is 22.4 Å². The van der Waals surface area contributed by atoms with Gasteiger partial charge in [0.1, 0.15) is 11.6 Å². The van der Waals surface area contributed by atoms with E-state index in [9.17, 15) is 18.0 Å². The minimum atomic E-state index is -4.39. The SMILES string of the molecule is CNOCC(=O)NCc1nc2cc(C(F)(F)F)ccc2s1. The van der Waals surface area contributed by atoms with Crippen molar-refractivity contribution in [3.05, 3.63) is 28.8 Å². The molecule has 0 aliphatic heterocycles. The number of amides is 1. The molecule has 0 spiro atoms. The van der Waals surface area contributed by atoms with Crippen molar-refractivity contribution in [2.75, 3.05) is 13.7 Å². The average molecular weight is 319 g/mol. The van der Waals surface area contributed by atoms with Crippen molar-refractivity contribution in [3.63, 3.8) is 0 Å². The largest absolute Gasteiger partial charge is 0.416 e. The number of benzene rings is 1. The van der Waals surface area contributed by atoms with Gasteiger partial charge in [0.05, 0.1) is 22.3 Å². The molecule has 1 amide bonds. The Kier molecular flexibility index (Phi) is 4.76. The molecule has 1 aromatic heterocycles. The molecule has 0 aliphatic carbocycles. The number of hydroxylamine groups is 1. The maximum atomic E-state index is 12.6. The first-order chi connectivity index (χ1) is 9.90. The monoisotopic (exact) mass is 319 g/mol. The van der Waals surface area contributed by atoms with E-state index in [1.165, 1.54) is 24.5 Å². The van der Waals surface area contributed by atoms with Crippen molar-refractivity contribution in [1.82, 2.24) is 15.8 Å². The van der Waals surface area contributed by atoms with Crippen LogP contribution >= 0.6 is 11.3 Å². The summed E-state index contributed by atoms with van der Waals surface area (Å²) >= 11 is 1.23. The van der Waals surface area contributed by atoms with Gasteiger partial charge in [-0.3, -0.25) is 9.63 Å². The van der Waals surface area contributed by atoms with E-state index in [0.29, 0.717) is 9.71 Å². The van der Waals surface area contributed by atoms with Crippen molar-refractivity contribution < 1.29 is 22.8 Å². The number of carbonyl (C=O) groups is 1. The van der Waals surface area contributed by atoms with Gasteiger partial charge in [-0.25, -0.2) is 10.5 Å². The number of hydrogen-bond donors (Lipinski definition) is 2. The van der Waals surface area contributed by atoms with Crippen molar-refractivity contribution in [2.45, 2.75) is 12.7 Å². The fourth-order valence-corrected chi connectivity index (χ4v) is 2.48. The number of nitrogens with zero attached hydrogens (tertiary/aromatic N) is 1. The lowest BCUT2D eigenvalue weighted by Gasteiger charge is -2.04. The zero-order chi connectivity index (χ0) is 15.5. The third-order valence-electron chi connectivity index (χ3n) is 2.54. The first kappa shape index (κ1) is 15.7. The lowest BCUT2D eigenvalue weighted by Crippen LogP contribution is -2.29. The van der Waals surface area contributed by atoms with Gasteiger partial charge < -0.3 is 5.32 Å². The molecular weight excluding hydrogens is 307 g/mol. The fourth-order valence-electron chi connectivity index (χ4n) is 1.59. The molecule has 2 aromatic rings. The number of hydrogen-bond acceptors (Lipinski definition) is 5. The smallest absolute Gasteiger partial charge is 0.348 e. The summed E-state index contributed by atoms with van der Waals surface area (Å²) in [4.78, 5) is 20.1. The summed E-state index contributed by atoms with van der Waals surface area (Å²) < 4.78 is 38.4. The minimum absolute atomic E-state index is 0.145. The minimum Gasteiger partial charge on any atom is -0.348 e. The van der Waals surface area contributed by atoms with Crippen LogP contribution in [0.25, 0.3) is 10.2 Å². The Morgan fingerprint density at radius 1 is 1.43 bits per heavy atom. The molecule has 1 heterocycles. The standard InChI is InChI=1S/C12H12F3N3O2S/c1-16-20-6-10(19)17-5-11-18-8-4-7(12(13,14)15)2-3-9(8)21-11/h2-4,16H,5-6H2,1H3,(H,17,19). The zero-order valence-electron chi connectivity index (χ0n) is 11.0. The summed E-state index contributed by atoms with van der Waals surface area (Å²) in [5, 5.41) is 3.09. The fraction of sp³-hybridized carbons (Fsp3) is 0.333. The maximum Gasteiger partial charge on any atom is 0.416 e. The molecule has 114 valence electrons. The number of halogens is 3. The van der Waals surface area contributed by atoms with Crippen molar-refractivity contribution in [1.29, 1.82) is 0 Å². The Labute approximate surface area is 122 Å². The van der Waals surface area contributed by atoms with Gasteiger partial charge in [0, 0.05) is 7.05 Å². The van der Waals surface area contributed by atoms with Gasteiger partial charge in [-0.05, 0) is 18.2 Å². The van der Waals surface area contributed by atoms with Gasteiger partial charge in [0.15, 0.2) is 0 Å². The van der Waals surface area contributed by atoms with E-state index in [-0.39, 0.29) is 24.6 Å². The second kappa shape index (κ2) is 6.37. The molecular formula is C12H12F3N3O2S. The quantitative estimate of drug-likeness (QED) is 0.828. The first-order valence-corrected chi connectivity index (χ1v) is 6.73. The van der Waals surface area contributed by atoms with Crippen LogP contribution in [0.2, 0.25) is 0 Å². The molecule has 5 nitrogen and oxygen atoms in total. The van der Waals surface area contributed by atoms with E-state index in [1.54, 1.807) is 0 Å². The molecule has 0 unspecified atom stereocenters. The number of aromatic nitrogens is 1. The first-order valence-electron chi connectivity index (χ1n) is 5.92. The van der Waals surface area contributed by atoms with E-state index >= 15 is 0 Å². The van der Waals surface area contributed by atoms with Crippen LogP contribution in [0.5, 0.6) is 0 Å². The number of alkyl halides is 3. The van der Waals surface area contributed by atoms with Gasteiger partial charge in [-0.2, -0.15) is 13.2 Å². The topological polar surface area (TPSA) is 63.2 Å². The van der Waals surface area contributed by atoms with Crippen LogP contribution in [0.3, 0.4) is 0 Å². The third-order valence-corrected chi connectivity index (χ3v) is 3.58. The number of fused-ring (bicyclic) bond motifs is 1. The van der Waals surface area contributed by atoms with Crippen LogP contribution in [0.15, 0.2) is 18.2 Å². The zero-order valence-corrected chi connectivity index (χ0v) is 11.8. The molecule has 21 heavy (non-hydrogen) atoms. The lowest BCUT2D eigenvalue weighted by molar-refractivity contribution is -0.137. The van der Waals surface area contributed by atoms with Gasteiger partial charge in [-0.1, -0.05) is 0 Å². The summed E-state index contributed by atoms with van der Waals surface area (Å²) in [6.07, 6.45) is -4.39. The predicted molar refractivity (Wildman–Crippen MR) is 71.5 cm³/mol. The third kappa shape index (κ3) is 4.13. The Bertz CT molecular complexity index is 642. The number of rotatable bonds is 5. The van der Waals surface area contributed by atoms with Crippen molar-refractivity contribution in [2.24, 2.45) is 0 Å². The van der Waals surface area contributed by atoms with Crippen molar-refractivity contribution >= 4 is 27.5 Å². The van der Waals surface area contributed by atoms with E-state index in [0.717, 1.165) is 12.1 Å². The molecule has 2 N–H and O–H groups in total. The molecule has 0 bridgehead atoms. The Morgan fingerprint density at radius 2 is 2.19 bits per heavy atom. The summed E-state index contributed by atoms with van der Waals surface area (Å²) in [5.41, 5.74) is 1.89. The number of thiazole rings is 1. The summed E-state index contributed by atoms with van der Waals surface area (Å²) in [6, 6.07) is 3.40. The maximum absolute atomic E-state index is 12.6. The molecule has 1 aromatic carbocycles. The van der Waals surface area contributed by atoms with E-state index in [4.69, 9.17) is 4.84 Å². The summed E-state index contributed by atoms with van der Waals surface area (Å²) in [5.74, 6) is -0.348. The molecule has 0 fully saturated rings. The number of nitrogens with one attached hydrogen (secondary N) is 2. The van der Waals surface area contributed by atoms with Gasteiger partial charge >= 0.3 is 6.18 Å².